The van der Waals surface area contributed by atoms with Gasteiger partial charge in [0.05, 0.1) is 0 Å². The molecule has 4 nitrogen and oxygen atoms in total. The standard InChI is InChI=1S/C19H22N2O2S2/c1-14-6-10-16(11-7-14)24-18(20-22)4-3-5-19(21-23)25-17-12-8-15(2)9-13-17/h6-13,22-23H,3-5H2,1-2H3. The summed E-state index contributed by atoms with van der Waals surface area (Å²) >= 11 is 2.91. The molecular weight excluding hydrogens is 352 g/mol. The van der Waals surface area contributed by atoms with Gasteiger partial charge in [-0.1, -0.05) is 69.2 Å². The molecule has 0 bridgehead atoms. The number of hydrogen-bond donors (Lipinski definition) is 2. The van der Waals surface area contributed by atoms with Gasteiger partial charge in [0.15, 0.2) is 0 Å². The van der Waals surface area contributed by atoms with Crippen LogP contribution in [0.3, 0.4) is 0 Å². The molecule has 0 fully saturated rings. The molecule has 0 amide bonds. The minimum atomic E-state index is 0.628. The summed E-state index contributed by atoms with van der Waals surface area (Å²) < 4.78 is 0. The van der Waals surface area contributed by atoms with Crippen molar-refractivity contribution in [3.05, 3.63) is 59.7 Å². The first-order valence-electron chi connectivity index (χ1n) is 8.01. The molecule has 2 aromatic carbocycles. The molecule has 2 N–H and O–H groups in total. The maximum atomic E-state index is 9.21. The monoisotopic (exact) mass is 374 g/mol. The van der Waals surface area contributed by atoms with Crippen LogP contribution in [0.25, 0.3) is 0 Å². The van der Waals surface area contributed by atoms with Crippen LogP contribution in [0.5, 0.6) is 0 Å². The molecule has 132 valence electrons. The number of rotatable bonds is 6. The second kappa shape index (κ2) is 10.2. The van der Waals surface area contributed by atoms with Gasteiger partial charge in [-0.3, -0.25) is 0 Å². The molecule has 0 heterocycles. The van der Waals surface area contributed by atoms with Crippen molar-refractivity contribution in [1.82, 2.24) is 0 Å². The van der Waals surface area contributed by atoms with Crippen molar-refractivity contribution in [2.75, 3.05) is 0 Å². The van der Waals surface area contributed by atoms with Crippen LogP contribution in [-0.2, 0) is 0 Å². The van der Waals surface area contributed by atoms with Crippen molar-refractivity contribution in [2.24, 2.45) is 10.3 Å². The van der Waals surface area contributed by atoms with Gasteiger partial charge in [0.2, 0.25) is 0 Å². The Morgan fingerprint density at radius 2 is 1.08 bits per heavy atom. The van der Waals surface area contributed by atoms with E-state index >= 15 is 0 Å². The fourth-order valence-corrected chi connectivity index (χ4v) is 3.78. The van der Waals surface area contributed by atoms with Crippen LogP contribution in [0.2, 0.25) is 0 Å². The predicted octanol–water partition coefficient (Wildman–Crippen LogP) is 5.93. The number of benzene rings is 2. The normalized spacial score (nSPS) is 12.4. The lowest BCUT2D eigenvalue weighted by atomic mass is 10.2. The summed E-state index contributed by atoms with van der Waals surface area (Å²) in [6.45, 7) is 4.08. The average Bonchev–Trinajstić information content (AvgIpc) is 2.63. The predicted molar refractivity (Wildman–Crippen MR) is 106 cm³/mol. The maximum Gasteiger partial charge on any atom is 0.117 e. The van der Waals surface area contributed by atoms with Gasteiger partial charge >= 0.3 is 0 Å². The van der Waals surface area contributed by atoms with Crippen LogP contribution in [0.1, 0.15) is 30.4 Å². The Balaban J connectivity index is 1.82. The van der Waals surface area contributed by atoms with E-state index in [1.807, 2.05) is 62.4 Å². The molecule has 6 heteroatoms. The lowest BCUT2D eigenvalue weighted by Gasteiger charge is -2.06. The molecule has 0 aliphatic carbocycles. The molecule has 0 aromatic heterocycles. The Labute approximate surface area is 157 Å². The third-order valence-corrected chi connectivity index (χ3v) is 5.58. The van der Waals surface area contributed by atoms with Crippen molar-refractivity contribution in [3.8, 4) is 0 Å². The van der Waals surface area contributed by atoms with Gasteiger partial charge in [-0.15, -0.1) is 0 Å². The SMILES string of the molecule is Cc1ccc(SC(CCCC(=NO)Sc2ccc(C)cc2)=NO)cc1. The van der Waals surface area contributed by atoms with Crippen molar-refractivity contribution in [2.45, 2.75) is 42.9 Å². The Morgan fingerprint density at radius 3 is 1.40 bits per heavy atom. The fraction of sp³-hybridized carbons (Fsp3) is 0.263. The van der Waals surface area contributed by atoms with Crippen LogP contribution in [0.4, 0.5) is 0 Å². The van der Waals surface area contributed by atoms with Gasteiger partial charge in [-0.25, -0.2) is 0 Å². The van der Waals surface area contributed by atoms with Crippen LogP contribution < -0.4 is 0 Å². The number of hydrogen-bond acceptors (Lipinski definition) is 6. The van der Waals surface area contributed by atoms with E-state index in [1.165, 1.54) is 34.7 Å². The second-order valence-electron chi connectivity index (χ2n) is 5.67. The highest BCUT2D eigenvalue weighted by atomic mass is 32.2. The van der Waals surface area contributed by atoms with Gasteiger partial charge in [0, 0.05) is 9.79 Å². The zero-order valence-electron chi connectivity index (χ0n) is 14.3. The fourth-order valence-electron chi connectivity index (χ4n) is 2.12. The maximum absolute atomic E-state index is 9.21. The molecule has 0 atom stereocenters. The van der Waals surface area contributed by atoms with Crippen molar-refractivity contribution >= 4 is 33.6 Å². The van der Waals surface area contributed by atoms with Crippen molar-refractivity contribution in [1.29, 1.82) is 0 Å². The Hall–Kier alpha value is -1.92. The second-order valence-corrected chi connectivity index (χ2v) is 7.96. The largest absolute Gasteiger partial charge is 0.410 e. The molecule has 0 saturated heterocycles. The van der Waals surface area contributed by atoms with E-state index in [4.69, 9.17) is 0 Å². The molecule has 2 aromatic rings. The minimum absolute atomic E-state index is 0.628. The molecule has 0 radical (unpaired) electrons. The third kappa shape index (κ3) is 6.84. The Kier molecular flexibility index (Phi) is 7.88. The number of oxime groups is 2. The minimum Gasteiger partial charge on any atom is -0.410 e. The zero-order chi connectivity index (χ0) is 18.1. The molecule has 25 heavy (non-hydrogen) atoms. The van der Waals surface area contributed by atoms with Crippen LogP contribution in [0, 0.1) is 13.8 Å². The van der Waals surface area contributed by atoms with Gasteiger partial charge in [-0.05, 0) is 57.4 Å². The lowest BCUT2D eigenvalue weighted by Crippen LogP contribution is -1.98. The van der Waals surface area contributed by atoms with Crippen LogP contribution in [-0.4, -0.2) is 20.5 Å². The summed E-state index contributed by atoms with van der Waals surface area (Å²) in [5.74, 6) is 0. The highest BCUT2D eigenvalue weighted by Gasteiger charge is 2.08. The molecular formula is C19H22N2O2S2. The van der Waals surface area contributed by atoms with Crippen molar-refractivity contribution in [3.63, 3.8) is 0 Å². The number of thioether (sulfide) groups is 2. The summed E-state index contributed by atoms with van der Waals surface area (Å²) in [6, 6.07) is 16.2. The van der Waals surface area contributed by atoms with E-state index in [0.717, 1.165) is 16.2 Å². The van der Waals surface area contributed by atoms with Gasteiger partial charge in [0.1, 0.15) is 10.1 Å². The Bertz CT molecular complexity index is 663. The molecule has 0 aliphatic rings. The quantitative estimate of drug-likeness (QED) is 0.216. The topological polar surface area (TPSA) is 65.2 Å². The van der Waals surface area contributed by atoms with E-state index in [-0.39, 0.29) is 0 Å². The number of nitrogens with zero attached hydrogens (tertiary/aromatic N) is 2. The first-order valence-corrected chi connectivity index (χ1v) is 9.65. The Morgan fingerprint density at radius 1 is 0.720 bits per heavy atom. The summed E-state index contributed by atoms with van der Waals surface area (Å²) in [4.78, 5) is 2.09. The summed E-state index contributed by atoms with van der Waals surface area (Å²) in [6.07, 6.45) is 2.00. The van der Waals surface area contributed by atoms with E-state index in [9.17, 15) is 10.4 Å². The van der Waals surface area contributed by atoms with Crippen molar-refractivity contribution < 1.29 is 10.4 Å². The lowest BCUT2D eigenvalue weighted by molar-refractivity contribution is 0.318. The average molecular weight is 375 g/mol. The van der Waals surface area contributed by atoms with Crippen LogP contribution >= 0.6 is 23.5 Å². The summed E-state index contributed by atoms with van der Waals surface area (Å²) in [7, 11) is 0. The third-order valence-electron chi connectivity index (χ3n) is 3.52. The summed E-state index contributed by atoms with van der Waals surface area (Å²) in [5, 5.41) is 26.5. The highest BCUT2D eigenvalue weighted by molar-refractivity contribution is 8.14. The number of aryl methyl sites for hydroxylation is 2. The van der Waals surface area contributed by atoms with E-state index in [1.54, 1.807) is 0 Å². The molecule has 0 saturated carbocycles. The van der Waals surface area contributed by atoms with E-state index in [2.05, 4.69) is 10.3 Å². The van der Waals surface area contributed by atoms with Gasteiger partial charge in [-0.2, -0.15) is 0 Å². The molecule has 0 unspecified atom stereocenters. The van der Waals surface area contributed by atoms with Crippen LogP contribution in [0.15, 0.2) is 68.6 Å². The molecule has 0 spiro atoms. The van der Waals surface area contributed by atoms with Gasteiger partial charge < -0.3 is 10.4 Å². The highest BCUT2D eigenvalue weighted by Crippen LogP contribution is 2.25. The molecule has 2 rings (SSSR count). The zero-order valence-corrected chi connectivity index (χ0v) is 16.0. The summed E-state index contributed by atoms with van der Waals surface area (Å²) in [5.41, 5.74) is 2.40. The smallest absolute Gasteiger partial charge is 0.117 e. The first-order chi connectivity index (χ1) is 12.1. The van der Waals surface area contributed by atoms with E-state index < -0.39 is 0 Å². The molecule has 0 aliphatic heterocycles. The van der Waals surface area contributed by atoms with E-state index in [0.29, 0.717) is 22.9 Å². The van der Waals surface area contributed by atoms with Gasteiger partial charge in [0.25, 0.3) is 0 Å². The first kappa shape index (κ1) is 19.4.